The van der Waals surface area contributed by atoms with Crippen molar-refractivity contribution in [2.45, 2.75) is 19.5 Å². The van der Waals surface area contributed by atoms with Crippen molar-refractivity contribution in [2.75, 3.05) is 26.6 Å². The maximum atomic E-state index is 12.5. The lowest BCUT2D eigenvalue weighted by molar-refractivity contribution is -0.120. The molecule has 134 valence electrons. The zero-order chi connectivity index (χ0) is 18.4. The second-order valence-electron chi connectivity index (χ2n) is 5.77. The number of amides is 1. The first-order valence-electron chi connectivity index (χ1n) is 7.92. The first kappa shape index (κ1) is 19.3. The molecule has 0 spiro atoms. The summed E-state index contributed by atoms with van der Waals surface area (Å²) >= 11 is 3.38. The first-order chi connectivity index (χ1) is 11.9. The van der Waals surface area contributed by atoms with Crippen LogP contribution in [-0.2, 0) is 11.3 Å². The van der Waals surface area contributed by atoms with Crippen LogP contribution >= 0.6 is 15.9 Å². The maximum Gasteiger partial charge on any atom is 0.241 e. The van der Waals surface area contributed by atoms with Gasteiger partial charge in [0, 0.05) is 28.3 Å². The van der Waals surface area contributed by atoms with E-state index >= 15 is 0 Å². The van der Waals surface area contributed by atoms with E-state index < -0.39 is 0 Å². The molecule has 2 aromatic rings. The fourth-order valence-corrected chi connectivity index (χ4v) is 2.63. The lowest BCUT2D eigenvalue weighted by Gasteiger charge is -2.25. The zero-order valence-corrected chi connectivity index (χ0v) is 16.5. The van der Waals surface area contributed by atoms with Crippen molar-refractivity contribution in [3.8, 4) is 11.5 Å². The van der Waals surface area contributed by atoms with Crippen LogP contribution in [0.5, 0.6) is 11.5 Å². The summed E-state index contributed by atoms with van der Waals surface area (Å²) in [4.78, 5) is 14.4. The van der Waals surface area contributed by atoms with Gasteiger partial charge in [-0.25, -0.2) is 0 Å². The van der Waals surface area contributed by atoms with Crippen LogP contribution in [0.2, 0.25) is 0 Å². The van der Waals surface area contributed by atoms with Crippen molar-refractivity contribution < 1.29 is 14.3 Å². The Kier molecular flexibility index (Phi) is 6.84. The SMILES string of the molecule is COc1ccc(CN(C)[C@@H](C)C(=O)Nc2ccc(Br)cc2)c(OC)c1. The zero-order valence-electron chi connectivity index (χ0n) is 14.9. The van der Waals surface area contributed by atoms with Crippen molar-refractivity contribution in [1.29, 1.82) is 0 Å². The molecule has 0 saturated heterocycles. The highest BCUT2D eigenvalue weighted by Gasteiger charge is 2.19. The molecule has 0 fully saturated rings. The van der Waals surface area contributed by atoms with E-state index in [1.165, 1.54) is 0 Å². The number of nitrogens with zero attached hydrogens (tertiary/aromatic N) is 1. The summed E-state index contributed by atoms with van der Waals surface area (Å²) in [7, 11) is 5.16. The molecule has 0 aromatic heterocycles. The fraction of sp³-hybridized carbons (Fsp3) is 0.316. The van der Waals surface area contributed by atoms with E-state index in [2.05, 4.69) is 21.2 Å². The smallest absolute Gasteiger partial charge is 0.241 e. The highest BCUT2D eigenvalue weighted by atomic mass is 79.9. The van der Waals surface area contributed by atoms with Gasteiger partial charge in [-0.3, -0.25) is 9.69 Å². The summed E-state index contributed by atoms with van der Waals surface area (Å²) in [6.07, 6.45) is 0. The van der Waals surface area contributed by atoms with E-state index in [4.69, 9.17) is 9.47 Å². The van der Waals surface area contributed by atoms with E-state index in [1.54, 1.807) is 14.2 Å². The molecule has 2 aromatic carbocycles. The van der Waals surface area contributed by atoms with Gasteiger partial charge in [-0.1, -0.05) is 22.0 Å². The number of anilines is 1. The van der Waals surface area contributed by atoms with Gasteiger partial charge in [0.15, 0.2) is 0 Å². The van der Waals surface area contributed by atoms with Crippen molar-refractivity contribution in [1.82, 2.24) is 4.90 Å². The van der Waals surface area contributed by atoms with Gasteiger partial charge < -0.3 is 14.8 Å². The van der Waals surface area contributed by atoms with E-state index in [0.717, 1.165) is 27.2 Å². The number of halogens is 1. The van der Waals surface area contributed by atoms with E-state index in [-0.39, 0.29) is 11.9 Å². The van der Waals surface area contributed by atoms with E-state index in [0.29, 0.717) is 6.54 Å². The topological polar surface area (TPSA) is 50.8 Å². The van der Waals surface area contributed by atoms with Crippen LogP contribution in [0.25, 0.3) is 0 Å². The monoisotopic (exact) mass is 406 g/mol. The minimum atomic E-state index is -0.296. The lowest BCUT2D eigenvalue weighted by Crippen LogP contribution is -2.39. The van der Waals surface area contributed by atoms with Gasteiger partial charge in [-0.2, -0.15) is 0 Å². The van der Waals surface area contributed by atoms with E-state index in [9.17, 15) is 4.79 Å². The van der Waals surface area contributed by atoms with Gasteiger partial charge in [0.2, 0.25) is 5.91 Å². The molecule has 0 unspecified atom stereocenters. The lowest BCUT2D eigenvalue weighted by atomic mass is 10.1. The van der Waals surface area contributed by atoms with Crippen molar-refractivity contribution in [3.05, 3.63) is 52.5 Å². The van der Waals surface area contributed by atoms with Crippen molar-refractivity contribution in [2.24, 2.45) is 0 Å². The van der Waals surface area contributed by atoms with Gasteiger partial charge in [-0.05, 0) is 44.3 Å². The summed E-state index contributed by atoms with van der Waals surface area (Å²) < 4.78 is 11.6. The average molecular weight is 407 g/mol. The third kappa shape index (κ3) is 5.21. The largest absolute Gasteiger partial charge is 0.497 e. The molecule has 1 amide bonds. The highest BCUT2D eigenvalue weighted by molar-refractivity contribution is 9.10. The molecule has 2 rings (SSSR count). The molecule has 1 N–H and O–H groups in total. The predicted molar refractivity (Wildman–Crippen MR) is 103 cm³/mol. The number of benzene rings is 2. The number of rotatable bonds is 7. The van der Waals surface area contributed by atoms with Crippen LogP contribution in [0.1, 0.15) is 12.5 Å². The molecule has 0 heterocycles. The van der Waals surface area contributed by atoms with Gasteiger partial charge >= 0.3 is 0 Å². The van der Waals surface area contributed by atoms with Crippen LogP contribution in [-0.4, -0.2) is 38.1 Å². The number of hydrogen-bond donors (Lipinski definition) is 1. The number of ether oxygens (including phenoxy) is 2. The Morgan fingerprint density at radius 2 is 1.84 bits per heavy atom. The van der Waals surface area contributed by atoms with Gasteiger partial charge in [0.25, 0.3) is 0 Å². The summed E-state index contributed by atoms with van der Waals surface area (Å²) in [6, 6.07) is 12.9. The second-order valence-corrected chi connectivity index (χ2v) is 6.68. The minimum absolute atomic E-state index is 0.0581. The number of hydrogen-bond acceptors (Lipinski definition) is 4. The van der Waals surface area contributed by atoms with Crippen LogP contribution < -0.4 is 14.8 Å². The fourth-order valence-electron chi connectivity index (χ4n) is 2.37. The summed E-state index contributed by atoms with van der Waals surface area (Å²) in [6.45, 7) is 2.46. The first-order valence-corrected chi connectivity index (χ1v) is 8.71. The number of methoxy groups -OCH3 is 2. The average Bonchev–Trinajstić information content (AvgIpc) is 2.63. The molecule has 0 aliphatic carbocycles. The Morgan fingerprint density at radius 1 is 1.16 bits per heavy atom. The molecule has 0 saturated carbocycles. The Hall–Kier alpha value is -2.05. The number of nitrogens with one attached hydrogen (secondary N) is 1. The van der Waals surface area contributed by atoms with E-state index in [1.807, 2.05) is 61.3 Å². The predicted octanol–water partition coefficient (Wildman–Crippen LogP) is 3.93. The molecule has 0 bridgehead atoms. The molecule has 0 aliphatic rings. The summed E-state index contributed by atoms with van der Waals surface area (Å²) in [5.74, 6) is 1.42. The van der Waals surface area contributed by atoms with Crippen molar-refractivity contribution >= 4 is 27.5 Å². The molecule has 25 heavy (non-hydrogen) atoms. The standard InChI is InChI=1S/C19H23BrN2O3/c1-13(19(23)21-16-8-6-15(20)7-9-16)22(2)12-14-5-10-17(24-3)11-18(14)25-4/h5-11,13H,12H2,1-4H3,(H,21,23)/t13-/m0/s1. The summed E-state index contributed by atoms with van der Waals surface area (Å²) in [5.41, 5.74) is 1.77. The van der Waals surface area contributed by atoms with Gasteiger partial charge in [0.05, 0.1) is 20.3 Å². The van der Waals surface area contributed by atoms with Crippen LogP contribution in [0.3, 0.4) is 0 Å². The van der Waals surface area contributed by atoms with Crippen LogP contribution in [0.15, 0.2) is 46.9 Å². The van der Waals surface area contributed by atoms with Crippen LogP contribution in [0, 0.1) is 0 Å². The molecule has 0 aliphatic heterocycles. The Morgan fingerprint density at radius 3 is 2.44 bits per heavy atom. The number of likely N-dealkylation sites (N-methyl/N-ethyl adjacent to an activating group) is 1. The molecular formula is C19H23BrN2O3. The van der Waals surface area contributed by atoms with Crippen LogP contribution in [0.4, 0.5) is 5.69 Å². The third-order valence-electron chi connectivity index (χ3n) is 4.07. The molecule has 0 radical (unpaired) electrons. The minimum Gasteiger partial charge on any atom is -0.497 e. The number of carbonyl (C=O) groups excluding carboxylic acids is 1. The van der Waals surface area contributed by atoms with Gasteiger partial charge in [-0.15, -0.1) is 0 Å². The Labute approximate surface area is 157 Å². The molecule has 6 heteroatoms. The number of carbonyl (C=O) groups is 1. The Bertz CT molecular complexity index is 719. The second kappa shape index (κ2) is 8.87. The quantitative estimate of drug-likeness (QED) is 0.756. The molecule has 5 nitrogen and oxygen atoms in total. The molecular weight excluding hydrogens is 384 g/mol. The highest BCUT2D eigenvalue weighted by Crippen LogP contribution is 2.26. The maximum absolute atomic E-state index is 12.5. The summed E-state index contributed by atoms with van der Waals surface area (Å²) in [5, 5.41) is 2.93. The van der Waals surface area contributed by atoms with Gasteiger partial charge in [0.1, 0.15) is 11.5 Å². The normalized spacial score (nSPS) is 11.9. The van der Waals surface area contributed by atoms with Crippen molar-refractivity contribution in [3.63, 3.8) is 0 Å². The Balaban J connectivity index is 2.03. The third-order valence-corrected chi connectivity index (χ3v) is 4.60. The molecule has 1 atom stereocenters.